The second-order valence-corrected chi connectivity index (χ2v) is 14.7. The molecule has 0 saturated heterocycles. The predicted octanol–water partition coefficient (Wildman–Crippen LogP) is 10.4. The van der Waals surface area contributed by atoms with Crippen molar-refractivity contribution in [2.75, 3.05) is 23.8 Å². The number of ether oxygens (including phenoxy) is 1. The molecule has 55 heavy (non-hydrogen) atoms. The van der Waals surface area contributed by atoms with E-state index in [0.29, 0.717) is 12.8 Å². The maximum atomic E-state index is 12.6. The number of nitrogens with zero attached hydrogens (tertiary/aromatic N) is 2. The number of aryl methyl sites for hydroxylation is 4. The van der Waals surface area contributed by atoms with Crippen molar-refractivity contribution in [3.05, 3.63) is 117 Å². The molecule has 2 amide bonds. The Kier molecular flexibility index (Phi) is 17.6. The SMILES string of the molecule is C.C.CCOCC.O=C(Cc1ccccc1)Nc1c2c(nc3c1CCCC3)CCCC2.O=C(Cc1ccccc1)Nc1c2c(nc3c1CCCC3)CCCC2. The molecule has 0 saturated carbocycles. The van der Waals surface area contributed by atoms with Crippen LogP contribution in [-0.2, 0) is 78.5 Å². The van der Waals surface area contributed by atoms with Gasteiger partial charge in [-0.15, -0.1) is 0 Å². The minimum Gasteiger partial charge on any atom is -0.382 e. The number of aromatic nitrogens is 2. The van der Waals surface area contributed by atoms with Crippen LogP contribution >= 0.6 is 0 Å². The van der Waals surface area contributed by atoms with Crippen molar-refractivity contribution in [3.8, 4) is 0 Å². The molecule has 0 bridgehead atoms. The Balaban J connectivity index is 0.000000211. The van der Waals surface area contributed by atoms with Crippen molar-refractivity contribution >= 4 is 23.2 Å². The molecule has 296 valence electrons. The molecule has 4 aromatic rings. The summed E-state index contributed by atoms with van der Waals surface area (Å²) in [5.41, 5.74) is 14.5. The van der Waals surface area contributed by atoms with Crippen LogP contribution in [0.2, 0.25) is 0 Å². The lowest BCUT2D eigenvalue weighted by Crippen LogP contribution is -2.22. The first-order valence-corrected chi connectivity index (χ1v) is 20.4. The van der Waals surface area contributed by atoms with Gasteiger partial charge < -0.3 is 15.4 Å². The molecule has 0 atom stereocenters. The monoisotopic (exact) mass is 747 g/mol. The van der Waals surface area contributed by atoms with E-state index < -0.39 is 0 Å². The Labute approximate surface area is 331 Å². The number of anilines is 2. The van der Waals surface area contributed by atoms with E-state index in [1.165, 1.54) is 96.4 Å². The quantitative estimate of drug-likeness (QED) is 0.187. The van der Waals surface area contributed by atoms with E-state index in [4.69, 9.17) is 14.7 Å². The Hall–Kier alpha value is -4.36. The molecular formula is C48H66N4O3. The highest BCUT2D eigenvalue weighted by atomic mass is 16.5. The van der Waals surface area contributed by atoms with Gasteiger partial charge in [0.15, 0.2) is 0 Å². The number of hydrogen-bond donors (Lipinski definition) is 2. The van der Waals surface area contributed by atoms with Gasteiger partial charge in [-0.3, -0.25) is 19.6 Å². The minimum absolute atomic E-state index is 0. The van der Waals surface area contributed by atoms with E-state index in [-0.39, 0.29) is 26.7 Å². The normalized spacial score (nSPS) is 14.9. The molecule has 2 aromatic heterocycles. The van der Waals surface area contributed by atoms with Gasteiger partial charge in [-0.05, 0) is 150 Å². The number of amides is 2. The van der Waals surface area contributed by atoms with Crippen molar-refractivity contribution in [1.29, 1.82) is 0 Å². The Morgan fingerprint density at radius 3 is 1.05 bits per heavy atom. The Morgan fingerprint density at radius 1 is 0.491 bits per heavy atom. The number of pyridine rings is 2. The molecule has 0 spiro atoms. The summed E-state index contributed by atoms with van der Waals surface area (Å²) in [6, 6.07) is 19.9. The second kappa shape index (κ2) is 22.3. The fraction of sp³-hybridized carbons (Fsp3) is 0.500. The molecule has 0 radical (unpaired) electrons. The van der Waals surface area contributed by atoms with Gasteiger partial charge in [0.25, 0.3) is 0 Å². The summed E-state index contributed by atoms with van der Waals surface area (Å²) in [7, 11) is 0. The van der Waals surface area contributed by atoms with Crippen LogP contribution in [0.1, 0.15) is 136 Å². The summed E-state index contributed by atoms with van der Waals surface area (Å²) in [5.74, 6) is 0.181. The first kappa shape index (κ1) is 43.4. The van der Waals surface area contributed by atoms with E-state index >= 15 is 0 Å². The third kappa shape index (κ3) is 11.8. The summed E-state index contributed by atoms with van der Waals surface area (Å²) in [4.78, 5) is 35.2. The van der Waals surface area contributed by atoms with Gasteiger partial charge in [-0.2, -0.15) is 0 Å². The number of carbonyl (C=O) groups is 2. The molecule has 2 aromatic carbocycles. The third-order valence-corrected chi connectivity index (χ3v) is 10.9. The number of hydrogen-bond acceptors (Lipinski definition) is 5. The standard InChI is InChI=1S/2C21H24N2O.C4H10O.2CH4/c2*24-20(14-15-8-2-1-3-9-15)23-21-16-10-4-6-12-18(16)22-19-13-7-5-11-17(19)21;1-3-5-4-2;;/h2*1-3,8-9H,4-7,10-14H2,(H,22,23,24);3-4H2,1-2H3;2*1H4. The predicted molar refractivity (Wildman–Crippen MR) is 228 cm³/mol. The average Bonchev–Trinajstić information content (AvgIpc) is 3.19. The average molecular weight is 747 g/mol. The fourth-order valence-electron chi connectivity index (χ4n) is 8.25. The number of carbonyl (C=O) groups excluding carboxylic acids is 2. The first-order valence-electron chi connectivity index (χ1n) is 20.4. The molecule has 4 aliphatic rings. The van der Waals surface area contributed by atoms with Gasteiger partial charge in [0, 0.05) is 36.0 Å². The first-order chi connectivity index (χ1) is 26.0. The lowest BCUT2D eigenvalue weighted by Gasteiger charge is -2.26. The maximum absolute atomic E-state index is 12.6. The number of nitrogens with one attached hydrogen (secondary N) is 2. The third-order valence-electron chi connectivity index (χ3n) is 10.9. The smallest absolute Gasteiger partial charge is 0.228 e. The minimum atomic E-state index is 0. The van der Waals surface area contributed by atoms with Crippen LogP contribution in [0.25, 0.3) is 0 Å². The van der Waals surface area contributed by atoms with Crippen molar-refractivity contribution in [2.24, 2.45) is 0 Å². The molecule has 4 aliphatic carbocycles. The summed E-state index contributed by atoms with van der Waals surface area (Å²) >= 11 is 0. The van der Waals surface area contributed by atoms with Gasteiger partial charge in [0.05, 0.1) is 24.2 Å². The number of benzene rings is 2. The zero-order valence-electron chi connectivity index (χ0n) is 32.0. The topological polar surface area (TPSA) is 93.2 Å². The second-order valence-electron chi connectivity index (χ2n) is 14.7. The van der Waals surface area contributed by atoms with Crippen molar-refractivity contribution in [1.82, 2.24) is 9.97 Å². The molecule has 7 nitrogen and oxygen atoms in total. The van der Waals surface area contributed by atoms with E-state index in [2.05, 4.69) is 10.6 Å². The highest BCUT2D eigenvalue weighted by Gasteiger charge is 2.26. The zero-order chi connectivity index (χ0) is 36.8. The highest BCUT2D eigenvalue weighted by molar-refractivity contribution is 5.95. The summed E-state index contributed by atoms with van der Waals surface area (Å²) in [6.45, 7) is 5.67. The van der Waals surface area contributed by atoms with Crippen LogP contribution in [-0.4, -0.2) is 35.0 Å². The molecule has 2 heterocycles. The highest BCUT2D eigenvalue weighted by Crippen LogP contribution is 2.37. The summed E-state index contributed by atoms with van der Waals surface area (Å²) in [6.07, 6.45) is 19.0. The van der Waals surface area contributed by atoms with E-state index in [0.717, 1.165) is 87.1 Å². The summed E-state index contributed by atoms with van der Waals surface area (Å²) in [5, 5.41) is 6.54. The molecule has 0 aliphatic heterocycles. The van der Waals surface area contributed by atoms with Crippen LogP contribution in [0.3, 0.4) is 0 Å². The number of rotatable bonds is 8. The van der Waals surface area contributed by atoms with Crippen LogP contribution in [0.5, 0.6) is 0 Å². The molecule has 8 rings (SSSR count). The van der Waals surface area contributed by atoms with Crippen molar-refractivity contribution in [3.63, 3.8) is 0 Å². The van der Waals surface area contributed by atoms with E-state index in [9.17, 15) is 9.59 Å². The van der Waals surface area contributed by atoms with E-state index in [1.807, 2.05) is 74.5 Å². The fourth-order valence-corrected chi connectivity index (χ4v) is 8.25. The zero-order valence-corrected chi connectivity index (χ0v) is 32.0. The van der Waals surface area contributed by atoms with Gasteiger partial charge >= 0.3 is 0 Å². The van der Waals surface area contributed by atoms with Crippen LogP contribution in [0.15, 0.2) is 60.7 Å². The van der Waals surface area contributed by atoms with Crippen molar-refractivity contribution < 1.29 is 14.3 Å². The molecule has 2 N–H and O–H groups in total. The van der Waals surface area contributed by atoms with Crippen LogP contribution in [0.4, 0.5) is 11.4 Å². The van der Waals surface area contributed by atoms with Gasteiger partial charge in [0.2, 0.25) is 11.8 Å². The Bertz CT molecular complexity index is 1620. The molecule has 7 heteroatoms. The van der Waals surface area contributed by atoms with Gasteiger partial charge in [0.1, 0.15) is 0 Å². The lowest BCUT2D eigenvalue weighted by atomic mass is 9.87. The largest absolute Gasteiger partial charge is 0.382 e. The number of fused-ring (bicyclic) bond motifs is 4. The van der Waals surface area contributed by atoms with Crippen LogP contribution < -0.4 is 10.6 Å². The Morgan fingerprint density at radius 2 is 0.782 bits per heavy atom. The van der Waals surface area contributed by atoms with Crippen molar-refractivity contribution in [2.45, 2.75) is 144 Å². The van der Waals surface area contributed by atoms with Gasteiger partial charge in [-0.1, -0.05) is 75.5 Å². The molecule has 0 fully saturated rings. The summed E-state index contributed by atoms with van der Waals surface area (Å²) < 4.78 is 4.83. The lowest BCUT2D eigenvalue weighted by molar-refractivity contribution is -0.116. The van der Waals surface area contributed by atoms with Crippen LogP contribution in [0, 0.1) is 0 Å². The maximum Gasteiger partial charge on any atom is 0.228 e. The van der Waals surface area contributed by atoms with Gasteiger partial charge in [-0.25, -0.2) is 0 Å². The van der Waals surface area contributed by atoms with E-state index in [1.54, 1.807) is 0 Å². The molecular weight excluding hydrogens is 681 g/mol. The molecule has 0 unspecified atom stereocenters.